The van der Waals surface area contributed by atoms with E-state index >= 15 is 13.2 Å². The van der Waals surface area contributed by atoms with E-state index < -0.39 is 11.7 Å². The van der Waals surface area contributed by atoms with Crippen LogP contribution in [0.2, 0.25) is 0 Å². The molecule has 438 valence electrons. The molecule has 93 heavy (non-hydrogen) atoms. The van der Waals surface area contributed by atoms with E-state index in [4.69, 9.17) is 9.97 Å². The molecule has 0 saturated heterocycles. The van der Waals surface area contributed by atoms with Crippen molar-refractivity contribution in [2.75, 3.05) is 9.80 Å². The Morgan fingerprint density at radius 3 is 1.31 bits per heavy atom. The number of halogens is 3. The fourth-order valence-electron chi connectivity index (χ4n) is 14.1. The van der Waals surface area contributed by atoms with E-state index in [0.29, 0.717) is 42.8 Å². The predicted molar refractivity (Wildman–Crippen MR) is 380 cm³/mol. The first kappa shape index (κ1) is 56.1. The maximum atomic E-state index is 15.6. The number of rotatable bonds is 10. The summed E-state index contributed by atoms with van der Waals surface area (Å²) in [6.07, 6.45) is -4.72. The topological polar surface area (TPSA) is 37.2 Å². The second-order valence-electron chi connectivity index (χ2n) is 23.8. The molecule has 0 saturated carbocycles. The van der Waals surface area contributed by atoms with E-state index in [0.717, 1.165) is 106 Å². The van der Waals surface area contributed by atoms with E-state index in [1.165, 1.54) is 31.1 Å². The molecular formula is C83H53BF3N5Pb. The number of anilines is 6. The van der Waals surface area contributed by atoms with Gasteiger partial charge in [0.2, 0.25) is 0 Å². The summed E-state index contributed by atoms with van der Waals surface area (Å²) in [4.78, 5) is 14.9. The van der Waals surface area contributed by atoms with E-state index in [1.54, 1.807) is 12.1 Å². The molecule has 0 spiro atoms. The summed E-state index contributed by atoms with van der Waals surface area (Å²) in [5.74, 6) is -0.0214. The first-order valence-corrected chi connectivity index (χ1v) is 33.3. The Balaban J connectivity index is 0.903. The number of alkyl halides is 3. The van der Waals surface area contributed by atoms with Crippen molar-refractivity contribution in [3.8, 4) is 84.1 Å². The van der Waals surface area contributed by atoms with Crippen LogP contribution in [0, 0.1) is 0 Å². The van der Waals surface area contributed by atoms with Gasteiger partial charge in [-0.15, -0.1) is 0 Å². The molecule has 5 nitrogen and oxygen atoms in total. The Labute approximate surface area is 552 Å². The van der Waals surface area contributed by atoms with Crippen LogP contribution in [0.4, 0.5) is 47.3 Å². The largest absolute Gasteiger partial charge is 0.228 e. The van der Waals surface area contributed by atoms with Crippen LogP contribution in [0.5, 0.6) is 0 Å². The SMILES string of the molecule is FC(F)(F)c1ccc(-n2c3ccccc3c3cc(-c4cc5c6c(c4)N(c4cc(-c7ccccc7)cc(-c7ccccc7)c4)c4ccccc4B6c4ccccc4N5c4c[c]([PbH])cc(-c5ccccc5)c4)ccc32)cc1-c1nc(-c2ccccc2)cc(-c2ccccc2)n1. The summed E-state index contributed by atoms with van der Waals surface area (Å²) in [6, 6.07) is 109. The van der Waals surface area contributed by atoms with Crippen LogP contribution in [0.1, 0.15) is 5.56 Å². The minimum atomic E-state index is -4.72. The van der Waals surface area contributed by atoms with Crippen molar-refractivity contribution in [3.05, 3.63) is 321 Å². The molecule has 15 aromatic rings. The third-order valence-corrected chi connectivity index (χ3v) is 19.6. The van der Waals surface area contributed by atoms with Crippen LogP contribution >= 0.6 is 0 Å². The van der Waals surface area contributed by atoms with Crippen molar-refractivity contribution in [1.82, 2.24) is 14.5 Å². The van der Waals surface area contributed by atoms with Crippen LogP contribution in [0.3, 0.4) is 0 Å². The minimum absolute atomic E-state index is 0.0214. The summed E-state index contributed by atoms with van der Waals surface area (Å²) < 4.78 is 50.0. The van der Waals surface area contributed by atoms with Crippen LogP contribution in [0.15, 0.2) is 315 Å². The number of hydrogen-bond donors (Lipinski definition) is 0. The number of fused-ring (bicyclic) bond motifs is 7. The normalized spacial score (nSPS) is 12.5. The monoisotopic (exact) mass is 1400 g/mol. The Morgan fingerprint density at radius 1 is 0.323 bits per heavy atom. The fraction of sp³-hybridized carbons (Fsp3) is 0.0120. The van der Waals surface area contributed by atoms with E-state index in [9.17, 15) is 0 Å². The molecule has 4 heterocycles. The van der Waals surface area contributed by atoms with Gasteiger partial charge in [0, 0.05) is 22.4 Å². The molecule has 2 aromatic heterocycles. The van der Waals surface area contributed by atoms with Gasteiger partial charge in [-0.3, -0.25) is 0 Å². The molecular weight excluding hydrogens is 1340 g/mol. The van der Waals surface area contributed by atoms with Gasteiger partial charge in [-0.2, -0.15) is 13.2 Å². The Bertz CT molecular complexity index is 5300. The summed E-state index contributed by atoms with van der Waals surface area (Å²) >= 11 is 0.568. The van der Waals surface area contributed by atoms with Gasteiger partial charge >= 0.3 is 325 Å². The van der Waals surface area contributed by atoms with Crippen LogP contribution in [0.25, 0.3) is 106 Å². The maximum absolute atomic E-state index is 15.6. The van der Waals surface area contributed by atoms with Gasteiger partial charge in [0.05, 0.1) is 17.0 Å². The first-order chi connectivity index (χ1) is 45.6. The number of aromatic nitrogens is 3. The van der Waals surface area contributed by atoms with Gasteiger partial charge in [0.1, 0.15) is 0 Å². The summed E-state index contributed by atoms with van der Waals surface area (Å²) in [6.45, 7) is -0.116. The number of para-hydroxylation sites is 3. The average molecular weight is 1400 g/mol. The summed E-state index contributed by atoms with van der Waals surface area (Å²) in [5.41, 5.74) is 22.8. The Hall–Kier alpha value is -10.9. The molecule has 0 N–H and O–H groups in total. The van der Waals surface area contributed by atoms with Crippen molar-refractivity contribution >= 4 is 108 Å². The molecule has 0 unspecified atom stereocenters. The van der Waals surface area contributed by atoms with E-state index in [2.05, 4.69) is 227 Å². The van der Waals surface area contributed by atoms with Gasteiger partial charge in [0.25, 0.3) is 0 Å². The molecule has 0 atom stereocenters. The van der Waals surface area contributed by atoms with Crippen molar-refractivity contribution in [2.24, 2.45) is 0 Å². The second kappa shape index (κ2) is 22.8. The Morgan fingerprint density at radius 2 is 0.774 bits per heavy atom. The van der Waals surface area contributed by atoms with Gasteiger partial charge in [-0.25, -0.2) is 9.97 Å². The minimum Gasteiger partial charge on any atom is -0.228 e. The molecule has 0 bridgehead atoms. The zero-order valence-corrected chi connectivity index (χ0v) is 54.5. The summed E-state index contributed by atoms with van der Waals surface area (Å²) in [5, 5.41) is 1.91. The van der Waals surface area contributed by atoms with Gasteiger partial charge in [0.15, 0.2) is 5.82 Å². The molecule has 2 aliphatic heterocycles. The first-order valence-electron chi connectivity index (χ1n) is 31.1. The predicted octanol–water partition coefficient (Wildman–Crippen LogP) is 18.9. The smallest absolute Gasteiger partial charge is 0.161 e. The van der Waals surface area contributed by atoms with Crippen molar-refractivity contribution in [2.45, 2.75) is 6.18 Å². The third-order valence-electron chi connectivity index (χ3n) is 18.3. The van der Waals surface area contributed by atoms with Crippen molar-refractivity contribution < 1.29 is 13.2 Å². The van der Waals surface area contributed by atoms with E-state index in [1.807, 2.05) is 84.9 Å². The molecule has 0 fully saturated rings. The molecule has 2 aliphatic rings. The third kappa shape index (κ3) is 9.93. The Kier molecular flexibility index (Phi) is 13.8. The zero-order valence-electron chi connectivity index (χ0n) is 50.0. The van der Waals surface area contributed by atoms with Gasteiger partial charge in [-0.05, 0) is 30.3 Å². The number of benzene rings is 13. The van der Waals surface area contributed by atoms with Crippen LogP contribution < -0.4 is 29.3 Å². The van der Waals surface area contributed by atoms with Gasteiger partial charge < -0.3 is 0 Å². The molecule has 17 rings (SSSR count). The fourth-order valence-corrected chi connectivity index (χ4v) is 15.5. The van der Waals surface area contributed by atoms with Gasteiger partial charge in [-0.1, -0.05) is 133 Å². The molecule has 2 radical (unpaired) electrons. The number of nitrogens with zero attached hydrogens (tertiary/aromatic N) is 5. The molecule has 13 aromatic carbocycles. The van der Waals surface area contributed by atoms with Crippen LogP contribution in [-0.2, 0) is 6.18 Å². The average Bonchev–Trinajstić information content (AvgIpc) is 0.797. The standard InChI is InChI=1S/C83H52BF3N5.Pb.H/c85-83(86,87)70-43-42-65(52-69(70)82-88-73(57-29-12-4-13-30-57)53-74(89-82)58-31-14-5-15-32-58)90-75-38-19-16-35-67(75)68-49-60(41-44-76(68)90)63-50-79-81-80(51-63)92(66-47-61(55-25-8-2-9-26-55)45-62(48-66)56-27-10-3-11-28-56)78-40-21-18-37-72(78)84(81)71-36-17-20-39-77(71)91(79)64-34-22-33-59(46-64)54-23-6-1-7-24-54;;/h1-21,23-53H;;. The quantitative estimate of drug-likeness (QED) is 0.128. The van der Waals surface area contributed by atoms with Crippen LogP contribution in [-0.4, -0.2) is 47.0 Å². The van der Waals surface area contributed by atoms with E-state index in [-0.39, 0.29) is 18.1 Å². The number of hydrogen-bond acceptors (Lipinski definition) is 4. The second-order valence-corrected chi connectivity index (χ2v) is 26.4. The van der Waals surface area contributed by atoms with Crippen molar-refractivity contribution in [3.63, 3.8) is 0 Å². The van der Waals surface area contributed by atoms with Crippen molar-refractivity contribution in [1.29, 1.82) is 0 Å². The maximum Gasteiger partial charge on any atom is 0.161 e. The molecule has 0 amide bonds. The summed E-state index contributed by atoms with van der Waals surface area (Å²) in [7, 11) is 0. The zero-order chi connectivity index (χ0) is 62.3. The molecule has 10 heteroatoms. The molecule has 0 aliphatic carbocycles.